The summed E-state index contributed by atoms with van der Waals surface area (Å²) in [5, 5.41) is 0. The van der Waals surface area contributed by atoms with Crippen molar-refractivity contribution in [3.05, 3.63) is 42.2 Å². The molecular weight excluding hydrogens is 512 g/mol. The molecule has 2 aliphatic rings. The Labute approximate surface area is 259 Å². The maximum absolute atomic E-state index is 5.92. The van der Waals surface area contributed by atoms with Crippen molar-refractivity contribution < 1.29 is 4.74 Å². The van der Waals surface area contributed by atoms with Gasteiger partial charge in [0.15, 0.2) is 11.6 Å². The molecule has 0 unspecified atom stereocenters. The molecule has 234 valence electrons. The van der Waals surface area contributed by atoms with E-state index < -0.39 is 0 Å². The molecule has 2 saturated carbocycles. The van der Waals surface area contributed by atoms with Gasteiger partial charge in [-0.05, 0) is 74.2 Å². The highest BCUT2D eigenvalue weighted by atomic mass is 16.5. The van der Waals surface area contributed by atoms with E-state index >= 15 is 0 Å². The molecule has 0 radical (unpaired) electrons. The minimum atomic E-state index is 0.725. The van der Waals surface area contributed by atoms with Gasteiger partial charge in [-0.1, -0.05) is 134 Å². The van der Waals surface area contributed by atoms with Gasteiger partial charge >= 0.3 is 0 Å². The molecular formula is C39H62N2O. The summed E-state index contributed by atoms with van der Waals surface area (Å²) in [6.45, 7) is 5.37. The molecule has 2 aliphatic carbocycles. The first-order valence-corrected chi connectivity index (χ1v) is 18.3. The van der Waals surface area contributed by atoms with Crippen LogP contribution in [-0.2, 0) is 0 Å². The van der Waals surface area contributed by atoms with Gasteiger partial charge < -0.3 is 4.74 Å². The number of aromatic nitrogens is 2. The summed E-state index contributed by atoms with van der Waals surface area (Å²) in [5.41, 5.74) is 2.61. The van der Waals surface area contributed by atoms with E-state index in [0.717, 1.165) is 53.8 Å². The SMILES string of the molecule is CCCCCCCCCCCCOc1cnc(-c2ccc(C3CCC(C4CCC(CCCCC)CC4)CC3)cc2)nc1. The van der Waals surface area contributed by atoms with Crippen LogP contribution in [0.5, 0.6) is 5.75 Å². The number of hydrogen-bond acceptors (Lipinski definition) is 3. The third-order valence-electron chi connectivity index (χ3n) is 10.6. The van der Waals surface area contributed by atoms with Crippen molar-refractivity contribution in [3.63, 3.8) is 0 Å². The van der Waals surface area contributed by atoms with E-state index in [1.54, 1.807) is 0 Å². The van der Waals surface area contributed by atoms with Crippen LogP contribution in [0.3, 0.4) is 0 Å². The fourth-order valence-corrected chi connectivity index (χ4v) is 7.78. The molecule has 1 aromatic heterocycles. The second kappa shape index (κ2) is 19.4. The van der Waals surface area contributed by atoms with Crippen LogP contribution in [0.4, 0.5) is 0 Å². The molecule has 42 heavy (non-hydrogen) atoms. The van der Waals surface area contributed by atoms with Gasteiger partial charge in [0.2, 0.25) is 0 Å². The van der Waals surface area contributed by atoms with Crippen molar-refractivity contribution in [2.75, 3.05) is 6.61 Å². The lowest BCUT2D eigenvalue weighted by Gasteiger charge is -2.38. The fourth-order valence-electron chi connectivity index (χ4n) is 7.78. The van der Waals surface area contributed by atoms with Crippen LogP contribution >= 0.6 is 0 Å². The molecule has 4 rings (SSSR count). The smallest absolute Gasteiger partial charge is 0.159 e. The summed E-state index contributed by atoms with van der Waals surface area (Å²) in [6.07, 6.45) is 34.4. The summed E-state index contributed by atoms with van der Waals surface area (Å²) in [6, 6.07) is 9.11. The number of benzene rings is 1. The van der Waals surface area contributed by atoms with Gasteiger partial charge in [0.25, 0.3) is 0 Å². The van der Waals surface area contributed by atoms with E-state index in [0.29, 0.717) is 0 Å². The second-order valence-corrected chi connectivity index (χ2v) is 13.8. The summed E-state index contributed by atoms with van der Waals surface area (Å²) < 4.78 is 5.92. The first-order chi connectivity index (χ1) is 20.8. The third-order valence-corrected chi connectivity index (χ3v) is 10.6. The number of hydrogen-bond donors (Lipinski definition) is 0. The average Bonchev–Trinajstić information content (AvgIpc) is 3.05. The number of nitrogens with zero attached hydrogens (tertiary/aromatic N) is 2. The lowest BCUT2D eigenvalue weighted by Crippen LogP contribution is -2.25. The molecule has 2 aromatic rings. The van der Waals surface area contributed by atoms with E-state index in [-0.39, 0.29) is 0 Å². The Morgan fingerprint density at radius 3 is 1.71 bits per heavy atom. The van der Waals surface area contributed by atoms with E-state index in [1.807, 2.05) is 12.4 Å². The van der Waals surface area contributed by atoms with Crippen LogP contribution in [-0.4, -0.2) is 16.6 Å². The molecule has 2 fully saturated rings. The Hall–Kier alpha value is -1.90. The molecule has 0 aliphatic heterocycles. The molecule has 3 nitrogen and oxygen atoms in total. The van der Waals surface area contributed by atoms with Crippen LogP contribution in [0.1, 0.15) is 167 Å². The minimum absolute atomic E-state index is 0.725. The molecule has 0 N–H and O–H groups in total. The van der Waals surface area contributed by atoms with Crippen molar-refractivity contribution in [2.45, 2.75) is 161 Å². The van der Waals surface area contributed by atoms with Crippen molar-refractivity contribution in [3.8, 4) is 17.1 Å². The number of unbranched alkanes of at least 4 members (excludes halogenated alkanes) is 11. The Morgan fingerprint density at radius 1 is 0.595 bits per heavy atom. The first kappa shape index (κ1) is 33.0. The van der Waals surface area contributed by atoms with Gasteiger partial charge in [0, 0.05) is 5.56 Å². The van der Waals surface area contributed by atoms with Crippen molar-refractivity contribution in [1.82, 2.24) is 9.97 Å². The quantitative estimate of drug-likeness (QED) is 0.156. The Morgan fingerprint density at radius 2 is 1.12 bits per heavy atom. The summed E-state index contributed by atoms with van der Waals surface area (Å²) >= 11 is 0. The highest BCUT2D eigenvalue weighted by Gasteiger charge is 2.31. The summed E-state index contributed by atoms with van der Waals surface area (Å²) in [5.74, 6) is 5.33. The maximum atomic E-state index is 5.92. The molecule has 1 aromatic carbocycles. The molecule has 0 amide bonds. The zero-order chi connectivity index (χ0) is 29.2. The predicted octanol–water partition coefficient (Wildman–Crippen LogP) is 12.1. The number of rotatable bonds is 19. The molecule has 0 atom stereocenters. The molecule has 3 heteroatoms. The lowest BCUT2D eigenvalue weighted by atomic mass is 9.68. The standard InChI is InChI=1S/C39H62N2O/c1-3-5-7-8-9-10-11-12-13-15-29-42-38-30-40-39(41-31-38)37-27-25-36(26-28-37)35-23-21-34(22-24-35)33-19-17-32(18-20-33)16-14-6-4-2/h25-28,30-35H,3-24,29H2,1-2H3. The van der Waals surface area contributed by atoms with E-state index in [1.165, 1.54) is 140 Å². The van der Waals surface area contributed by atoms with Crippen LogP contribution < -0.4 is 4.74 Å². The Kier molecular flexibility index (Phi) is 15.2. The Bertz CT molecular complexity index is 939. The lowest BCUT2D eigenvalue weighted by molar-refractivity contribution is 0.155. The highest BCUT2D eigenvalue weighted by Crippen LogP contribution is 2.44. The van der Waals surface area contributed by atoms with Crippen LogP contribution in [0.25, 0.3) is 11.4 Å². The molecule has 1 heterocycles. The fraction of sp³-hybridized carbons (Fsp3) is 0.744. The van der Waals surface area contributed by atoms with Crippen molar-refractivity contribution in [1.29, 1.82) is 0 Å². The van der Waals surface area contributed by atoms with Gasteiger partial charge in [-0.15, -0.1) is 0 Å². The second-order valence-electron chi connectivity index (χ2n) is 13.8. The largest absolute Gasteiger partial charge is 0.490 e. The summed E-state index contributed by atoms with van der Waals surface area (Å²) in [4.78, 5) is 9.23. The average molecular weight is 575 g/mol. The molecule has 0 spiro atoms. The third kappa shape index (κ3) is 11.3. The first-order valence-electron chi connectivity index (χ1n) is 18.3. The van der Waals surface area contributed by atoms with Gasteiger partial charge in [-0.3, -0.25) is 0 Å². The minimum Gasteiger partial charge on any atom is -0.490 e. The zero-order valence-corrected chi connectivity index (χ0v) is 27.3. The van der Waals surface area contributed by atoms with E-state index in [4.69, 9.17) is 4.74 Å². The zero-order valence-electron chi connectivity index (χ0n) is 27.3. The highest BCUT2D eigenvalue weighted by molar-refractivity contribution is 5.55. The van der Waals surface area contributed by atoms with Crippen LogP contribution in [0, 0.1) is 17.8 Å². The monoisotopic (exact) mass is 574 g/mol. The van der Waals surface area contributed by atoms with Crippen LogP contribution in [0.2, 0.25) is 0 Å². The van der Waals surface area contributed by atoms with E-state index in [9.17, 15) is 0 Å². The summed E-state index contributed by atoms with van der Waals surface area (Å²) in [7, 11) is 0. The van der Waals surface area contributed by atoms with Crippen LogP contribution in [0.15, 0.2) is 36.7 Å². The Balaban J connectivity index is 1.10. The topological polar surface area (TPSA) is 35.0 Å². The van der Waals surface area contributed by atoms with Gasteiger partial charge in [-0.2, -0.15) is 0 Å². The number of ether oxygens (including phenoxy) is 1. The normalized spacial score (nSPS) is 22.7. The molecule has 0 saturated heterocycles. The van der Waals surface area contributed by atoms with Gasteiger partial charge in [0.05, 0.1) is 19.0 Å². The molecule has 0 bridgehead atoms. The van der Waals surface area contributed by atoms with E-state index in [2.05, 4.69) is 48.1 Å². The van der Waals surface area contributed by atoms with Crippen molar-refractivity contribution >= 4 is 0 Å². The maximum Gasteiger partial charge on any atom is 0.159 e. The predicted molar refractivity (Wildman–Crippen MR) is 179 cm³/mol. The van der Waals surface area contributed by atoms with Gasteiger partial charge in [-0.25, -0.2) is 9.97 Å². The van der Waals surface area contributed by atoms with Crippen molar-refractivity contribution in [2.24, 2.45) is 17.8 Å². The van der Waals surface area contributed by atoms with Gasteiger partial charge in [0.1, 0.15) is 0 Å².